The van der Waals surface area contributed by atoms with Crippen molar-refractivity contribution in [3.63, 3.8) is 0 Å². The zero-order valence-electron chi connectivity index (χ0n) is 16.2. The standard InChI is InChI=1S/C20H17N3O6S/c1-3-28-19(25)17-11(2)21-20-22(16(24)10-30-20)18(17)15-8-7-14(29-15)12-5-4-6-13(9-12)23(26)27/h4-9,18H,3,10H2,1-2H3. The number of esters is 1. The monoisotopic (exact) mass is 427 g/mol. The van der Waals surface area contributed by atoms with E-state index in [-0.39, 0.29) is 29.5 Å². The third kappa shape index (κ3) is 3.39. The second-order valence-electron chi connectivity index (χ2n) is 6.58. The molecule has 2 aliphatic heterocycles. The molecule has 0 aliphatic carbocycles. The largest absolute Gasteiger partial charge is 0.463 e. The van der Waals surface area contributed by atoms with Crippen molar-refractivity contribution in [3.8, 4) is 11.3 Å². The number of thioether (sulfide) groups is 1. The minimum absolute atomic E-state index is 0.0633. The van der Waals surface area contributed by atoms with Crippen LogP contribution in [0.5, 0.6) is 0 Å². The Morgan fingerprint density at radius 3 is 2.93 bits per heavy atom. The van der Waals surface area contributed by atoms with Crippen LogP contribution < -0.4 is 0 Å². The van der Waals surface area contributed by atoms with Crippen LogP contribution >= 0.6 is 11.8 Å². The Hall–Kier alpha value is -3.40. The van der Waals surface area contributed by atoms with Gasteiger partial charge in [0.2, 0.25) is 5.91 Å². The number of carbonyl (C=O) groups excluding carboxylic acids is 2. The number of amidine groups is 1. The molecule has 30 heavy (non-hydrogen) atoms. The Balaban J connectivity index is 1.78. The second-order valence-corrected chi connectivity index (χ2v) is 7.52. The number of furan rings is 1. The lowest BCUT2D eigenvalue weighted by molar-refractivity contribution is -0.384. The molecule has 1 atom stereocenters. The maximum absolute atomic E-state index is 12.7. The average molecular weight is 427 g/mol. The lowest BCUT2D eigenvalue weighted by Gasteiger charge is -2.31. The number of non-ortho nitro benzene ring substituents is 1. The molecule has 154 valence electrons. The molecule has 1 unspecified atom stereocenters. The molecule has 1 saturated heterocycles. The van der Waals surface area contributed by atoms with Crippen LogP contribution in [0, 0.1) is 10.1 Å². The molecule has 0 radical (unpaired) electrons. The first-order valence-corrected chi connectivity index (χ1v) is 10.1. The van der Waals surface area contributed by atoms with Crippen LogP contribution in [0.25, 0.3) is 11.3 Å². The van der Waals surface area contributed by atoms with Crippen molar-refractivity contribution in [2.45, 2.75) is 19.9 Å². The zero-order chi connectivity index (χ0) is 21.4. The lowest BCUT2D eigenvalue weighted by atomic mass is 10.00. The van der Waals surface area contributed by atoms with Crippen LogP contribution in [0.15, 0.2) is 57.1 Å². The van der Waals surface area contributed by atoms with Gasteiger partial charge < -0.3 is 9.15 Å². The van der Waals surface area contributed by atoms with Gasteiger partial charge in [-0.1, -0.05) is 23.9 Å². The minimum Gasteiger partial charge on any atom is -0.463 e. The predicted octanol–water partition coefficient (Wildman–Crippen LogP) is 3.68. The molecule has 1 amide bonds. The molecule has 1 fully saturated rings. The summed E-state index contributed by atoms with van der Waals surface area (Å²) in [7, 11) is 0. The maximum Gasteiger partial charge on any atom is 0.338 e. The third-order valence-electron chi connectivity index (χ3n) is 4.72. The van der Waals surface area contributed by atoms with Gasteiger partial charge in [0.05, 0.1) is 28.6 Å². The van der Waals surface area contributed by atoms with Crippen LogP contribution in [-0.2, 0) is 14.3 Å². The van der Waals surface area contributed by atoms with E-state index in [1.807, 2.05) is 0 Å². The summed E-state index contributed by atoms with van der Waals surface area (Å²) in [5.74, 6) is 0.198. The maximum atomic E-state index is 12.7. The van der Waals surface area contributed by atoms with Crippen LogP contribution in [0.1, 0.15) is 25.6 Å². The fourth-order valence-corrected chi connectivity index (χ4v) is 4.35. The van der Waals surface area contributed by atoms with Crippen molar-refractivity contribution in [2.24, 2.45) is 4.99 Å². The summed E-state index contributed by atoms with van der Waals surface area (Å²) in [5.41, 5.74) is 1.14. The van der Waals surface area contributed by atoms with Gasteiger partial charge in [-0.3, -0.25) is 19.8 Å². The highest BCUT2D eigenvalue weighted by Crippen LogP contribution is 2.42. The van der Waals surface area contributed by atoms with Crippen molar-refractivity contribution in [1.29, 1.82) is 0 Å². The molecule has 3 heterocycles. The number of fused-ring (bicyclic) bond motifs is 1. The molecule has 4 rings (SSSR count). The van der Waals surface area contributed by atoms with E-state index < -0.39 is 16.9 Å². The number of aliphatic imine (C=N–C) groups is 1. The van der Waals surface area contributed by atoms with Crippen molar-refractivity contribution in [2.75, 3.05) is 12.4 Å². The Kier molecular flexibility index (Phi) is 5.17. The van der Waals surface area contributed by atoms with Crippen LogP contribution in [0.4, 0.5) is 5.69 Å². The molecule has 0 bridgehead atoms. The molecular weight excluding hydrogens is 410 g/mol. The van der Waals surface area contributed by atoms with Gasteiger partial charge in [-0.2, -0.15) is 0 Å². The molecule has 2 aliphatic rings. The van der Waals surface area contributed by atoms with E-state index in [0.29, 0.717) is 27.9 Å². The van der Waals surface area contributed by atoms with Gasteiger partial charge in [0, 0.05) is 17.7 Å². The van der Waals surface area contributed by atoms with E-state index in [4.69, 9.17) is 9.15 Å². The summed E-state index contributed by atoms with van der Waals surface area (Å²) in [4.78, 5) is 41.7. The Bertz CT molecular complexity index is 1120. The topological polar surface area (TPSA) is 115 Å². The van der Waals surface area contributed by atoms with Gasteiger partial charge in [-0.05, 0) is 26.0 Å². The van der Waals surface area contributed by atoms with Crippen molar-refractivity contribution >= 4 is 34.5 Å². The quantitative estimate of drug-likeness (QED) is 0.406. The number of nitrogens with zero attached hydrogens (tertiary/aromatic N) is 3. The second kappa shape index (κ2) is 7.79. The van der Waals surface area contributed by atoms with Crippen molar-refractivity contribution in [1.82, 2.24) is 4.90 Å². The van der Waals surface area contributed by atoms with E-state index >= 15 is 0 Å². The van der Waals surface area contributed by atoms with Gasteiger partial charge in [0.25, 0.3) is 5.69 Å². The van der Waals surface area contributed by atoms with E-state index in [1.165, 1.54) is 28.8 Å². The number of hydrogen-bond donors (Lipinski definition) is 0. The van der Waals surface area contributed by atoms with Crippen LogP contribution in [-0.4, -0.2) is 39.2 Å². The summed E-state index contributed by atoms with van der Waals surface area (Å²) in [6.07, 6.45) is 0. The number of ether oxygens (including phenoxy) is 1. The Morgan fingerprint density at radius 2 is 2.20 bits per heavy atom. The van der Waals surface area contributed by atoms with E-state index in [2.05, 4.69) is 4.99 Å². The Morgan fingerprint density at radius 1 is 1.40 bits per heavy atom. The minimum atomic E-state index is -0.813. The highest BCUT2D eigenvalue weighted by molar-refractivity contribution is 8.15. The first-order chi connectivity index (χ1) is 14.4. The highest BCUT2D eigenvalue weighted by Gasteiger charge is 2.44. The number of nitro groups is 1. The normalized spacial score (nSPS) is 18.3. The number of carbonyl (C=O) groups is 2. The first-order valence-electron chi connectivity index (χ1n) is 9.16. The molecule has 1 aromatic heterocycles. The number of rotatable bonds is 5. The van der Waals surface area contributed by atoms with Crippen molar-refractivity contribution in [3.05, 3.63) is 63.5 Å². The zero-order valence-corrected chi connectivity index (χ0v) is 17.0. The number of benzene rings is 1. The smallest absolute Gasteiger partial charge is 0.338 e. The van der Waals surface area contributed by atoms with Crippen molar-refractivity contribution < 1.29 is 23.7 Å². The number of nitro benzene ring substituents is 1. The molecule has 9 nitrogen and oxygen atoms in total. The van der Waals surface area contributed by atoms with Gasteiger partial charge in [0.1, 0.15) is 17.6 Å². The Labute approximate surface area is 175 Å². The number of amides is 1. The molecule has 0 N–H and O–H groups in total. The first kappa shape index (κ1) is 19.9. The fourth-order valence-electron chi connectivity index (χ4n) is 3.41. The highest BCUT2D eigenvalue weighted by atomic mass is 32.2. The lowest BCUT2D eigenvalue weighted by Crippen LogP contribution is -2.39. The van der Waals surface area contributed by atoms with E-state index in [0.717, 1.165) is 0 Å². The summed E-state index contributed by atoms with van der Waals surface area (Å²) in [6, 6.07) is 8.55. The number of hydrogen-bond acceptors (Lipinski definition) is 8. The summed E-state index contributed by atoms with van der Waals surface area (Å²) < 4.78 is 11.2. The number of allylic oxidation sites excluding steroid dienone is 1. The fraction of sp³-hybridized carbons (Fsp3) is 0.250. The summed E-state index contributed by atoms with van der Waals surface area (Å²) in [6.45, 7) is 3.57. The summed E-state index contributed by atoms with van der Waals surface area (Å²) in [5, 5.41) is 11.6. The molecule has 10 heteroatoms. The summed E-state index contributed by atoms with van der Waals surface area (Å²) >= 11 is 1.30. The molecule has 0 spiro atoms. The van der Waals surface area contributed by atoms with E-state index in [1.54, 1.807) is 38.1 Å². The van der Waals surface area contributed by atoms with Crippen LogP contribution in [0.2, 0.25) is 0 Å². The molecule has 1 aromatic carbocycles. The van der Waals surface area contributed by atoms with Gasteiger partial charge >= 0.3 is 5.97 Å². The van der Waals surface area contributed by atoms with Gasteiger partial charge in [0.15, 0.2) is 5.17 Å². The SMILES string of the molecule is CCOC(=O)C1=C(C)N=C2SCC(=O)N2C1c1ccc(-c2cccc([N+](=O)[O-])c2)o1. The van der Waals surface area contributed by atoms with Gasteiger partial charge in [-0.15, -0.1) is 0 Å². The third-order valence-corrected chi connectivity index (χ3v) is 5.65. The van der Waals surface area contributed by atoms with Crippen LogP contribution in [0.3, 0.4) is 0 Å². The average Bonchev–Trinajstić information content (AvgIpc) is 3.34. The molecule has 0 saturated carbocycles. The molecule has 2 aromatic rings. The predicted molar refractivity (Wildman–Crippen MR) is 110 cm³/mol. The molecular formula is C20H17N3O6S. The van der Waals surface area contributed by atoms with Gasteiger partial charge in [-0.25, -0.2) is 9.79 Å². The van der Waals surface area contributed by atoms with E-state index in [9.17, 15) is 19.7 Å².